The van der Waals surface area contributed by atoms with E-state index in [9.17, 15) is 9.59 Å². The summed E-state index contributed by atoms with van der Waals surface area (Å²) in [6.45, 7) is 3.16. The summed E-state index contributed by atoms with van der Waals surface area (Å²) < 4.78 is 0. The minimum absolute atomic E-state index is 0.107. The Bertz CT molecular complexity index is 173. The third kappa shape index (κ3) is 7.51. The van der Waals surface area contributed by atoms with E-state index in [-0.39, 0.29) is 13.0 Å². The van der Waals surface area contributed by atoms with Crippen LogP contribution in [-0.2, 0) is 9.59 Å². The highest BCUT2D eigenvalue weighted by molar-refractivity contribution is 5.86. The monoisotopic (exact) mass is 206 g/mol. The van der Waals surface area contributed by atoms with Gasteiger partial charge in [-0.05, 0) is 0 Å². The maximum Gasteiger partial charge on any atom is 0.242 e. The summed E-state index contributed by atoms with van der Waals surface area (Å²) in [5, 5.41) is 19.0. The standard InChI is InChI=1S/C6H12N2O4.C2H6/c7-6(12)4(3-10)8-5(11)1-2-9;1-2/h4,9-10H,1-3H2,(H2,7,12)(H,8,11);1-2H3. The van der Waals surface area contributed by atoms with Crippen molar-refractivity contribution >= 4 is 11.8 Å². The van der Waals surface area contributed by atoms with E-state index in [4.69, 9.17) is 15.9 Å². The Hall–Kier alpha value is -1.14. The third-order valence-electron chi connectivity index (χ3n) is 1.20. The Kier molecular flexibility index (Phi) is 10.9. The fourth-order valence-corrected chi connectivity index (χ4v) is 0.575. The van der Waals surface area contributed by atoms with E-state index >= 15 is 0 Å². The molecule has 0 heterocycles. The van der Waals surface area contributed by atoms with E-state index in [1.165, 1.54) is 0 Å². The lowest BCUT2D eigenvalue weighted by Gasteiger charge is -2.11. The van der Waals surface area contributed by atoms with Gasteiger partial charge in [-0.1, -0.05) is 13.8 Å². The fraction of sp³-hybridized carbons (Fsp3) is 0.750. The van der Waals surface area contributed by atoms with Gasteiger partial charge in [-0.2, -0.15) is 0 Å². The first-order chi connectivity index (χ1) is 6.61. The molecule has 2 amide bonds. The zero-order chi connectivity index (χ0) is 11.6. The second-order valence-corrected chi connectivity index (χ2v) is 2.18. The van der Waals surface area contributed by atoms with Crippen LogP contribution in [0.2, 0.25) is 0 Å². The molecule has 5 N–H and O–H groups in total. The van der Waals surface area contributed by atoms with Crippen molar-refractivity contribution in [2.45, 2.75) is 26.3 Å². The lowest BCUT2D eigenvalue weighted by Crippen LogP contribution is -2.46. The van der Waals surface area contributed by atoms with E-state index < -0.39 is 24.5 Å². The fourth-order valence-electron chi connectivity index (χ4n) is 0.575. The SMILES string of the molecule is CC.NC(=O)C(CO)NC(=O)CCO. The first-order valence-corrected chi connectivity index (χ1v) is 4.42. The van der Waals surface area contributed by atoms with Gasteiger partial charge in [0.15, 0.2) is 0 Å². The van der Waals surface area contributed by atoms with Crippen LogP contribution >= 0.6 is 0 Å². The lowest BCUT2D eigenvalue weighted by atomic mass is 10.3. The maximum atomic E-state index is 10.7. The van der Waals surface area contributed by atoms with E-state index in [0.29, 0.717) is 0 Å². The molecule has 0 bridgehead atoms. The molecule has 0 spiro atoms. The van der Waals surface area contributed by atoms with Crippen molar-refractivity contribution < 1.29 is 19.8 Å². The average Bonchev–Trinajstić information content (AvgIpc) is 2.17. The van der Waals surface area contributed by atoms with E-state index in [1.54, 1.807) is 0 Å². The van der Waals surface area contributed by atoms with Gasteiger partial charge in [-0.25, -0.2) is 0 Å². The molecule has 0 aliphatic carbocycles. The van der Waals surface area contributed by atoms with E-state index in [1.807, 2.05) is 13.8 Å². The molecule has 0 aliphatic rings. The number of aliphatic hydroxyl groups excluding tert-OH is 2. The summed E-state index contributed by atoms with van der Waals surface area (Å²) in [7, 11) is 0. The van der Waals surface area contributed by atoms with Gasteiger partial charge in [0, 0.05) is 6.42 Å². The van der Waals surface area contributed by atoms with E-state index in [2.05, 4.69) is 5.32 Å². The van der Waals surface area contributed by atoms with Crippen molar-refractivity contribution in [2.24, 2.45) is 5.73 Å². The molecular weight excluding hydrogens is 188 g/mol. The van der Waals surface area contributed by atoms with Gasteiger partial charge in [0.1, 0.15) is 6.04 Å². The number of carbonyl (C=O) groups is 2. The van der Waals surface area contributed by atoms with Crippen molar-refractivity contribution in [3.63, 3.8) is 0 Å². The molecule has 6 nitrogen and oxygen atoms in total. The molecule has 84 valence electrons. The first-order valence-electron chi connectivity index (χ1n) is 4.42. The average molecular weight is 206 g/mol. The molecule has 14 heavy (non-hydrogen) atoms. The molecule has 0 saturated heterocycles. The van der Waals surface area contributed by atoms with Gasteiger partial charge in [-0.15, -0.1) is 0 Å². The topological polar surface area (TPSA) is 113 Å². The van der Waals surface area contributed by atoms with Crippen LogP contribution in [0.1, 0.15) is 20.3 Å². The second kappa shape index (κ2) is 9.94. The predicted molar refractivity (Wildman–Crippen MR) is 51.3 cm³/mol. The molecule has 1 atom stereocenters. The van der Waals surface area contributed by atoms with Gasteiger partial charge in [0.25, 0.3) is 0 Å². The highest BCUT2D eigenvalue weighted by atomic mass is 16.3. The maximum absolute atomic E-state index is 10.7. The van der Waals surface area contributed by atoms with E-state index in [0.717, 1.165) is 0 Å². The summed E-state index contributed by atoms with van der Waals surface area (Å²) in [5.74, 6) is -1.32. The Morgan fingerprint density at radius 3 is 2.14 bits per heavy atom. The van der Waals surface area contributed by atoms with Gasteiger partial charge in [0.2, 0.25) is 11.8 Å². The number of amides is 2. The molecule has 0 radical (unpaired) electrons. The lowest BCUT2D eigenvalue weighted by molar-refractivity contribution is -0.128. The summed E-state index contributed by atoms with van der Waals surface area (Å²) in [4.78, 5) is 21.2. The number of carbonyl (C=O) groups excluding carboxylic acids is 2. The Morgan fingerprint density at radius 2 is 1.86 bits per heavy atom. The molecule has 0 saturated carbocycles. The van der Waals surface area contributed by atoms with Crippen LogP contribution in [-0.4, -0.2) is 41.3 Å². The smallest absolute Gasteiger partial charge is 0.242 e. The highest BCUT2D eigenvalue weighted by Crippen LogP contribution is 1.83. The zero-order valence-corrected chi connectivity index (χ0v) is 8.49. The number of primary amides is 1. The minimum atomic E-state index is -1.07. The largest absolute Gasteiger partial charge is 0.396 e. The van der Waals surface area contributed by atoms with Gasteiger partial charge in [0.05, 0.1) is 13.2 Å². The third-order valence-corrected chi connectivity index (χ3v) is 1.20. The molecule has 0 aromatic heterocycles. The number of aliphatic hydroxyl groups is 2. The number of nitrogens with two attached hydrogens (primary N) is 1. The summed E-state index contributed by atoms with van der Waals surface area (Å²) in [6, 6.07) is -1.07. The Labute approximate surface area is 83.1 Å². The van der Waals surface area contributed by atoms with Gasteiger partial charge >= 0.3 is 0 Å². The molecule has 6 heteroatoms. The van der Waals surface area contributed by atoms with Crippen molar-refractivity contribution in [2.75, 3.05) is 13.2 Å². The normalized spacial score (nSPS) is 10.9. The summed E-state index contributed by atoms with van der Waals surface area (Å²) >= 11 is 0. The molecule has 1 unspecified atom stereocenters. The second-order valence-electron chi connectivity index (χ2n) is 2.18. The Balaban J connectivity index is 0. The number of hydrogen-bond donors (Lipinski definition) is 4. The van der Waals surface area contributed by atoms with Crippen molar-refractivity contribution in [1.29, 1.82) is 0 Å². The van der Waals surface area contributed by atoms with Crippen LogP contribution in [0.25, 0.3) is 0 Å². The van der Waals surface area contributed by atoms with Crippen LogP contribution in [0.15, 0.2) is 0 Å². The molecule has 0 rings (SSSR count). The summed E-state index contributed by atoms with van der Waals surface area (Å²) in [5.41, 5.74) is 4.82. The predicted octanol–water partition coefficient (Wildman–Crippen LogP) is -1.64. The van der Waals surface area contributed by atoms with Crippen LogP contribution in [0.3, 0.4) is 0 Å². The van der Waals surface area contributed by atoms with Gasteiger partial charge < -0.3 is 21.3 Å². The number of hydrogen-bond acceptors (Lipinski definition) is 4. The quantitative estimate of drug-likeness (QED) is 0.432. The van der Waals surface area contributed by atoms with Crippen LogP contribution < -0.4 is 11.1 Å². The number of rotatable bonds is 5. The van der Waals surface area contributed by atoms with Crippen molar-refractivity contribution in [3.05, 3.63) is 0 Å². The van der Waals surface area contributed by atoms with Crippen LogP contribution in [0.4, 0.5) is 0 Å². The van der Waals surface area contributed by atoms with Gasteiger partial charge in [-0.3, -0.25) is 9.59 Å². The van der Waals surface area contributed by atoms with Crippen LogP contribution in [0.5, 0.6) is 0 Å². The molecule has 0 aliphatic heterocycles. The molecule has 0 fully saturated rings. The minimum Gasteiger partial charge on any atom is -0.396 e. The first kappa shape index (κ1) is 15.3. The van der Waals surface area contributed by atoms with Crippen LogP contribution in [0, 0.1) is 0 Å². The summed E-state index contributed by atoms with van der Waals surface area (Å²) in [6.07, 6.45) is -0.107. The zero-order valence-electron chi connectivity index (χ0n) is 8.49. The molecule has 0 aromatic carbocycles. The van der Waals surface area contributed by atoms with Crippen molar-refractivity contribution in [3.8, 4) is 0 Å². The highest BCUT2D eigenvalue weighted by Gasteiger charge is 2.15. The molecular formula is C8H18N2O4. The molecule has 0 aromatic rings. The van der Waals surface area contributed by atoms with Crippen molar-refractivity contribution in [1.82, 2.24) is 5.32 Å². The Morgan fingerprint density at radius 1 is 1.36 bits per heavy atom. The number of nitrogens with one attached hydrogen (secondary N) is 1.